The summed E-state index contributed by atoms with van der Waals surface area (Å²) in [7, 11) is 0. The van der Waals surface area contributed by atoms with Gasteiger partial charge in [-0.3, -0.25) is 13.9 Å². The number of carbonyl (C=O) groups is 1. The van der Waals surface area contributed by atoms with Gasteiger partial charge < -0.3 is 4.90 Å². The third-order valence-corrected chi connectivity index (χ3v) is 3.12. The zero-order valence-electron chi connectivity index (χ0n) is 10.0. The van der Waals surface area contributed by atoms with E-state index in [-0.39, 0.29) is 12.5 Å². The number of hydrogen-bond donors (Lipinski definition) is 0. The summed E-state index contributed by atoms with van der Waals surface area (Å²) in [4.78, 5) is 25.1. The molecule has 1 aliphatic rings. The van der Waals surface area contributed by atoms with E-state index < -0.39 is 5.76 Å². The van der Waals surface area contributed by atoms with Gasteiger partial charge in [0, 0.05) is 13.1 Å². The summed E-state index contributed by atoms with van der Waals surface area (Å²) >= 11 is 0. The Morgan fingerprint density at radius 1 is 1.29 bits per heavy atom. The Bertz CT molecular complexity index is 441. The van der Waals surface area contributed by atoms with Crippen LogP contribution in [0.25, 0.3) is 0 Å². The zero-order chi connectivity index (χ0) is 12.3. The largest absolute Gasteiger partial charge is 0.442 e. The molecule has 1 aliphatic heterocycles. The molecule has 1 fully saturated rings. The first-order chi connectivity index (χ1) is 8.18. The van der Waals surface area contributed by atoms with Crippen molar-refractivity contribution in [3.63, 3.8) is 0 Å². The molecule has 0 unspecified atom stereocenters. The fourth-order valence-corrected chi connectivity index (χ4v) is 2.07. The SMILES string of the molecule is Cc1noc(=O)n1CC(=O)N1CCCCCC1. The van der Waals surface area contributed by atoms with Crippen molar-refractivity contribution in [3.05, 3.63) is 16.4 Å². The first-order valence-corrected chi connectivity index (χ1v) is 5.99. The molecule has 17 heavy (non-hydrogen) atoms. The van der Waals surface area contributed by atoms with Crippen molar-refractivity contribution in [2.24, 2.45) is 0 Å². The van der Waals surface area contributed by atoms with Gasteiger partial charge in [-0.2, -0.15) is 0 Å². The highest BCUT2D eigenvalue weighted by molar-refractivity contribution is 5.76. The standard InChI is InChI=1S/C11H17N3O3/c1-9-12-17-11(16)14(9)8-10(15)13-6-4-2-3-5-7-13/h2-8H2,1H3. The molecule has 0 saturated carbocycles. The molecular weight excluding hydrogens is 222 g/mol. The van der Waals surface area contributed by atoms with Crippen molar-refractivity contribution < 1.29 is 9.32 Å². The van der Waals surface area contributed by atoms with Crippen molar-refractivity contribution in [2.75, 3.05) is 13.1 Å². The number of rotatable bonds is 2. The second-order valence-electron chi connectivity index (χ2n) is 4.38. The number of aromatic nitrogens is 2. The van der Waals surface area contributed by atoms with Crippen LogP contribution < -0.4 is 5.76 Å². The van der Waals surface area contributed by atoms with E-state index in [9.17, 15) is 9.59 Å². The van der Waals surface area contributed by atoms with E-state index in [2.05, 4.69) is 9.68 Å². The van der Waals surface area contributed by atoms with Crippen LogP contribution >= 0.6 is 0 Å². The molecule has 2 heterocycles. The third-order valence-electron chi connectivity index (χ3n) is 3.12. The minimum atomic E-state index is -0.564. The van der Waals surface area contributed by atoms with Crippen molar-refractivity contribution in [3.8, 4) is 0 Å². The van der Waals surface area contributed by atoms with Crippen molar-refractivity contribution in [1.82, 2.24) is 14.6 Å². The van der Waals surface area contributed by atoms with Gasteiger partial charge in [0.25, 0.3) is 0 Å². The van der Waals surface area contributed by atoms with Crippen LogP contribution in [0.1, 0.15) is 31.5 Å². The van der Waals surface area contributed by atoms with Crippen molar-refractivity contribution in [2.45, 2.75) is 39.2 Å². The summed E-state index contributed by atoms with van der Waals surface area (Å²) in [5.74, 6) is -0.149. The second kappa shape index (κ2) is 5.16. The van der Waals surface area contributed by atoms with Gasteiger partial charge in [-0.15, -0.1) is 0 Å². The Labute approximate surface area is 99.2 Å². The third kappa shape index (κ3) is 2.75. The van der Waals surface area contributed by atoms with E-state index in [1.807, 2.05) is 4.90 Å². The smallest absolute Gasteiger partial charge is 0.341 e. The van der Waals surface area contributed by atoms with E-state index in [4.69, 9.17) is 0 Å². The van der Waals surface area contributed by atoms with Gasteiger partial charge in [-0.05, 0) is 19.8 Å². The topological polar surface area (TPSA) is 68.3 Å². The molecule has 1 aromatic rings. The van der Waals surface area contributed by atoms with Crippen LogP contribution in [-0.4, -0.2) is 33.6 Å². The predicted molar refractivity (Wildman–Crippen MR) is 60.5 cm³/mol. The Kier molecular flexibility index (Phi) is 3.61. The monoisotopic (exact) mass is 239 g/mol. The van der Waals surface area contributed by atoms with Crippen molar-refractivity contribution >= 4 is 5.91 Å². The summed E-state index contributed by atoms with van der Waals surface area (Å²) < 4.78 is 5.77. The molecule has 0 bridgehead atoms. The lowest BCUT2D eigenvalue weighted by atomic mass is 10.2. The lowest BCUT2D eigenvalue weighted by molar-refractivity contribution is -0.131. The van der Waals surface area contributed by atoms with Crippen LogP contribution in [0.5, 0.6) is 0 Å². The van der Waals surface area contributed by atoms with E-state index >= 15 is 0 Å². The van der Waals surface area contributed by atoms with Gasteiger partial charge in [0.2, 0.25) is 5.91 Å². The molecule has 0 aliphatic carbocycles. The molecule has 2 rings (SSSR count). The van der Waals surface area contributed by atoms with Crippen LogP contribution in [0.3, 0.4) is 0 Å². The predicted octanol–water partition coefficient (Wildman–Crippen LogP) is 0.547. The maximum absolute atomic E-state index is 12.0. The van der Waals surface area contributed by atoms with Crippen LogP contribution in [-0.2, 0) is 11.3 Å². The maximum Gasteiger partial charge on any atom is 0.442 e. The van der Waals surface area contributed by atoms with E-state index in [1.54, 1.807) is 6.92 Å². The Morgan fingerprint density at radius 3 is 2.47 bits per heavy atom. The summed E-state index contributed by atoms with van der Waals surface area (Å²) in [5, 5.41) is 3.54. The summed E-state index contributed by atoms with van der Waals surface area (Å²) in [6.07, 6.45) is 4.44. The molecule has 6 nitrogen and oxygen atoms in total. The van der Waals surface area contributed by atoms with Gasteiger partial charge >= 0.3 is 5.76 Å². The first kappa shape index (κ1) is 11.9. The molecule has 1 amide bonds. The molecular formula is C11H17N3O3. The zero-order valence-corrected chi connectivity index (χ0v) is 10.0. The molecule has 1 saturated heterocycles. The van der Waals surface area contributed by atoms with Gasteiger partial charge in [-0.1, -0.05) is 18.0 Å². The highest BCUT2D eigenvalue weighted by Crippen LogP contribution is 2.10. The van der Waals surface area contributed by atoms with E-state index in [1.165, 1.54) is 17.4 Å². The molecule has 0 spiro atoms. The van der Waals surface area contributed by atoms with Crippen LogP contribution in [0.15, 0.2) is 9.32 Å². The highest BCUT2D eigenvalue weighted by Gasteiger charge is 2.18. The van der Waals surface area contributed by atoms with Gasteiger partial charge in [0.1, 0.15) is 6.54 Å². The summed E-state index contributed by atoms with van der Waals surface area (Å²) in [5.41, 5.74) is 0. The Morgan fingerprint density at radius 2 is 1.94 bits per heavy atom. The Hall–Kier alpha value is -1.59. The van der Waals surface area contributed by atoms with Crippen LogP contribution in [0, 0.1) is 6.92 Å². The molecule has 0 N–H and O–H groups in total. The molecule has 0 radical (unpaired) electrons. The van der Waals surface area contributed by atoms with Gasteiger partial charge in [0.15, 0.2) is 5.82 Å². The lowest BCUT2D eigenvalue weighted by Crippen LogP contribution is -2.36. The average Bonchev–Trinajstić information content (AvgIpc) is 2.59. The average molecular weight is 239 g/mol. The number of amides is 1. The minimum absolute atomic E-state index is 0.0275. The molecule has 1 aromatic heterocycles. The number of hydrogen-bond acceptors (Lipinski definition) is 4. The second-order valence-corrected chi connectivity index (χ2v) is 4.38. The van der Waals surface area contributed by atoms with Crippen LogP contribution in [0.2, 0.25) is 0 Å². The van der Waals surface area contributed by atoms with Gasteiger partial charge in [-0.25, -0.2) is 4.79 Å². The van der Waals surface area contributed by atoms with E-state index in [0.717, 1.165) is 25.9 Å². The van der Waals surface area contributed by atoms with Crippen molar-refractivity contribution in [1.29, 1.82) is 0 Å². The number of likely N-dealkylation sites (tertiary alicyclic amines) is 1. The first-order valence-electron chi connectivity index (χ1n) is 5.99. The molecule has 94 valence electrons. The fourth-order valence-electron chi connectivity index (χ4n) is 2.07. The van der Waals surface area contributed by atoms with Gasteiger partial charge in [0.05, 0.1) is 0 Å². The molecule has 0 atom stereocenters. The summed E-state index contributed by atoms with van der Waals surface area (Å²) in [6, 6.07) is 0. The minimum Gasteiger partial charge on any atom is -0.341 e. The normalized spacial score (nSPS) is 16.9. The molecule has 0 aromatic carbocycles. The highest BCUT2D eigenvalue weighted by atomic mass is 16.5. The van der Waals surface area contributed by atoms with Crippen LogP contribution in [0.4, 0.5) is 0 Å². The number of carbonyl (C=O) groups excluding carboxylic acids is 1. The van der Waals surface area contributed by atoms with E-state index in [0.29, 0.717) is 5.82 Å². The summed E-state index contributed by atoms with van der Waals surface area (Å²) in [6.45, 7) is 3.27. The molecule has 6 heteroatoms. The number of nitrogens with zero attached hydrogens (tertiary/aromatic N) is 3. The fraction of sp³-hybridized carbons (Fsp3) is 0.727. The maximum atomic E-state index is 12.0. The quantitative estimate of drug-likeness (QED) is 0.755. The lowest BCUT2D eigenvalue weighted by Gasteiger charge is -2.20. The Balaban J connectivity index is 2.03. The number of aryl methyl sites for hydroxylation is 1.